The highest BCUT2D eigenvalue weighted by Gasteiger charge is 2.12. The molecule has 0 aromatic heterocycles. The summed E-state index contributed by atoms with van der Waals surface area (Å²) in [6, 6.07) is 9.79. The summed E-state index contributed by atoms with van der Waals surface area (Å²) < 4.78 is 0. The van der Waals surface area contributed by atoms with E-state index in [1.807, 2.05) is 0 Å². The highest BCUT2D eigenvalue weighted by molar-refractivity contribution is 5.22. The van der Waals surface area contributed by atoms with Gasteiger partial charge in [-0.05, 0) is 49.9 Å². The van der Waals surface area contributed by atoms with Gasteiger partial charge in [0.15, 0.2) is 0 Å². The Morgan fingerprint density at radius 3 is 2.67 bits per heavy atom. The van der Waals surface area contributed by atoms with Crippen LogP contribution < -0.4 is 10.6 Å². The zero-order chi connectivity index (χ0) is 12.6. The number of hydrogen-bond acceptors (Lipinski definition) is 2. The van der Waals surface area contributed by atoms with Crippen LogP contribution in [-0.2, 0) is 13.0 Å². The van der Waals surface area contributed by atoms with E-state index in [4.69, 9.17) is 0 Å². The van der Waals surface area contributed by atoms with Crippen LogP contribution in [0.15, 0.2) is 24.3 Å². The van der Waals surface area contributed by atoms with Gasteiger partial charge in [0.25, 0.3) is 0 Å². The Morgan fingerprint density at radius 1 is 1.22 bits per heavy atom. The topological polar surface area (TPSA) is 24.1 Å². The molecule has 1 atom stereocenters. The molecule has 100 valence electrons. The first-order chi connectivity index (χ1) is 8.88. The van der Waals surface area contributed by atoms with Gasteiger partial charge in [-0.1, -0.05) is 37.6 Å². The Morgan fingerprint density at radius 2 is 2.00 bits per heavy atom. The van der Waals surface area contributed by atoms with E-state index in [1.54, 1.807) is 0 Å². The normalized spacial score (nSPS) is 19.3. The highest BCUT2D eigenvalue weighted by atomic mass is 14.9. The van der Waals surface area contributed by atoms with E-state index in [1.165, 1.54) is 49.8 Å². The van der Waals surface area contributed by atoms with Gasteiger partial charge in [-0.25, -0.2) is 0 Å². The standard InChI is InChI=1S/C16H26N2/c1-2-4-14-6-8-15(9-7-14)13-17-12-10-16-5-3-11-18-16/h6-9,16-18H,2-5,10-13H2,1H3. The average molecular weight is 246 g/mol. The molecule has 1 aliphatic rings. The maximum Gasteiger partial charge on any atom is 0.0205 e. The molecular formula is C16H26N2. The van der Waals surface area contributed by atoms with E-state index in [-0.39, 0.29) is 0 Å². The zero-order valence-electron chi connectivity index (χ0n) is 11.5. The fraction of sp³-hybridized carbons (Fsp3) is 0.625. The van der Waals surface area contributed by atoms with E-state index in [2.05, 4.69) is 41.8 Å². The van der Waals surface area contributed by atoms with Crippen LogP contribution in [0.2, 0.25) is 0 Å². The van der Waals surface area contributed by atoms with E-state index in [0.717, 1.165) is 19.1 Å². The lowest BCUT2D eigenvalue weighted by Gasteiger charge is -2.11. The summed E-state index contributed by atoms with van der Waals surface area (Å²) in [6.45, 7) is 5.56. The molecule has 2 N–H and O–H groups in total. The molecule has 1 unspecified atom stereocenters. The molecule has 1 saturated heterocycles. The first-order valence-corrected chi connectivity index (χ1v) is 7.40. The molecule has 0 bridgehead atoms. The molecule has 0 saturated carbocycles. The average Bonchev–Trinajstić information content (AvgIpc) is 2.90. The lowest BCUT2D eigenvalue weighted by molar-refractivity contribution is 0.523. The maximum atomic E-state index is 3.54. The van der Waals surface area contributed by atoms with Gasteiger partial charge in [-0.3, -0.25) is 0 Å². The van der Waals surface area contributed by atoms with Crippen LogP contribution >= 0.6 is 0 Å². The quantitative estimate of drug-likeness (QED) is 0.723. The van der Waals surface area contributed by atoms with E-state index in [9.17, 15) is 0 Å². The summed E-state index contributed by atoms with van der Waals surface area (Å²) in [5, 5.41) is 7.08. The van der Waals surface area contributed by atoms with Crippen molar-refractivity contribution >= 4 is 0 Å². The molecule has 0 amide bonds. The van der Waals surface area contributed by atoms with Crippen molar-refractivity contribution in [3.63, 3.8) is 0 Å². The van der Waals surface area contributed by atoms with Gasteiger partial charge >= 0.3 is 0 Å². The molecule has 18 heavy (non-hydrogen) atoms. The molecule has 2 rings (SSSR count). The lowest BCUT2D eigenvalue weighted by Crippen LogP contribution is -2.26. The Bertz CT molecular complexity index is 325. The summed E-state index contributed by atoms with van der Waals surface area (Å²) in [7, 11) is 0. The molecule has 0 spiro atoms. The van der Waals surface area contributed by atoms with Crippen molar-refractivity contribution in [1.29, 1.82) is 0 Å². The maximum absolute atomic E-state index is 3.54. The minimum Gasteiger partial charge on any atom is -0.314 e. The first kappa shape index (κ1) is 13.6. The summed E-state index contributed by atoms with van der Waals surface area (Å²) in [5.41, 5.74) is 2.85. The fourth-order valence-electron chi connectivity index (χ4n) is 2.62. The van der Waals surface area contributed by atoms with Crippen molar-refractivity contribution < 1.29 is 0 Å². The van der Waals surface area contributed by atoms with Crippen LogP contribution in [0, 0.1) is 0 Å². The smallest absolute Gasteiger partial charge is 0.0205 e. The number of nitrogens with one attached hydrogen (secondary N) is 2. The Kier molecular flexibility index (Phi) is 5.69. The Labute approximate surface area is 111 Å². The van der Waals surface area contributed by atoms with Gasteiger partial charge in [-0.15, -0.1) is 0 Å². The van der Waals surface area contributed by atoms with Gasteiger partial charge in [0.05, 0.1) is 0 Å². The molecule has 1 fully saturated rings. The number of hydrogen-bond donors (Lipinski definition) is 2. The summed E-state index contributed by atoms with van der Waals surface area (Å²) in [5.74, 6) is 0. The van der Waals surface area contributed by atoms with E-state index in [0.29, 0.717) is 0 Å². The third kappa shape index (κ3) is 4.43. The van der Waals surface area contributed by atoms with Gasteiger partial charge in [-0.2, -0.15) is 0 Å². The Hall–Kier alpha value is -0.860. The molecule has 1 aromatic carbocycles. The third-order valence-electron chi connectivity index (χ3n) is 3.72. The minimum absolute atomic E-state index is 0.754. The minimum atomic E-state index is 0.754. The number of rotatable bonds is 7. The molecule has 2 heteroatoms. The van der Waals surface area contributed by atoms with Crippen molar-refractivity contribution in [2.24, 2.45) is 0 Å². The van der Waals surface area contributed by atoms with Crippen molar-refractivity contribution in [1.82, 2.24) is 10.6 Å². The van der Waals surface area contributed by atoms with Crippen molar-refractivity contribution in [2.45, 2.75) is 51.6 Å². The predicted molar refractivity (Wildman–Crippen MR) is 77.8 cm³/mol. The molecule has 1 aromatic rings. The van der Waals surface area contributed by atoms with Crippen LogP contribution in [0.5, 0.6) is 0 Å². The summed E-state index contributed by atoms with van der Waals surface area (Å²) in [6.07, 6.45) is 6.39. The molecule has 2 nitrogen and oxygen atoms in total. The van der Waals surface area contributed by atoms with Gasteiger partial charge in [0.1, 0.15) is 0 Å². The van der Waals surface area contributed by atoms with Crippen molar-refractivity contribution in [3.05, 3.63) is 35.4 Å². The second-order valence-corrected chi connectivity index (χ2v) is 5.33. The van der Waals surface area contributed by atoms with Crippen molar-refractivity contribution in [2.75, 3.05) is 13.1 Å². The SMILES string of the molecule is CCCc1ccc(CNCCC2CCCN2)cc1. The monoisotopic (exact) mass is 246 g/mol. The molecule has 1 aliphatic heterocycles. The number of benzene rings is 1. The summed E-state index contributed by atoms with van der Waals surface area (Å²) >= 11 is 0. The van der Waals surface area contributed by atoms with E-state index >= 15 is 0 Å². The molecule has 0 aliphatic carbocycles. The van der Waals surface area contributed by atoms with Crippen LogP contribution in [0.3, 0.4) is 0 Å². The van der Waals surface area contributed by atoms with Crippen LogP contribution in [-0.4, -0.2) is 19.1 Å². The van der Waals surface area contributed by atoms with Crippen molar-refractivity contribution in [3.8, 4) is 0 Å². The first-order valence-electron chi connectivity index (χ1n) is 7.40. The number of aryl methyl sites for hydroxylation is 1. The second-order valence-electron chi connectivity index (χ2n) is 5.33. The molecular weight excluding hydrogens is 220 g/mol. The fourth-order valence-corrected chi connectivity index (χ4v) is 2.62. The van der Waals surface area contributed by atoms with E-state index < -0.39 is 0 Å². The predicted octanol–water partition coefficient (Wildman–Crippen LogP) is 2.87. The van der Waals surface area contributed by atoms with Crippen LogP contribution in [0.4, 0.5) is 0 Å². The zero-order valence-corrected chi connectivity index (χ0v) is 11.5. The highest BCUT2D eigenvalue weighted by Crippen LogP contribution is 2.08. The summed E-state index contributed by atoms with van der Waals surface area (Å²) in [4.78, 5) is 0. The Balaban J connectivity index is 1.63. The largest absolute Gasteiger partial charge is 0.314 e. The lowest BCUT2D eigenvalue weighted by atomic mass is 10.1. The van der Waals surface area contributed by atoms with Crippen LogP contribution in [0.25, 0.3) is 0 Å². The van der Waals surface area contributed by atoms with Gasteiger partial charge < -0.3 is 10.6 Å². The molecule has 1 heterocycles. The van der Waals surface area contributed by atoms with Gasteiger partial charge in [0, 0.05) is 12.6 Å². The third-order valence-corrected chi connectivity index (χ3v) is 3.72. The molecule has 0 radical (unpaired) electrons. The van der Waals surface area contributed by atoms with Gasteiger partial charge in [0.2, 0.25) is 0 Å². The second kappa shape index (κ2) is 7.55. The van der Waals surface area contributed by atoms with Crippen LogP contribution in [0.1, 0.15) is 43.7 Å².